The lowest BCUT2D eigenvalue weighted by molar-refractivity contribution is 0.0987. The number of ether oxygens (including phenoxy) is 5. The van der Waals surface area contributed by atoms with Crippen LogP contribution in [0.2, 0.25) is 0 Å². The van der Waals surface area contributed by atoms with Gasteiger partial charge in [-0.05, 0) is 54.6 Å². The molecular formula is C30H33BrN4O8S2. The molecule has 12 nitrogen and oxygen atoms in total. The summed E-state index contributed by atoms with van der Waals surface area (Å²) in [6.07, 6.45) is 1.48. The van der Waals surface area contributed by atoms with Crippen molar-refractivity contribution in [2.24, 2.45) is 5.10 Å². The molecule has 0 spiro atoms. The molecule has 0 unspecified atom stereocenters. The number of benzene rings is 3. The molecular weight excluding hydrogens is 688 g/mol. The second kappa shape index (κ2) is 15.6. The SMILES string of the molecule is COCCN(CCOC)S(=O)(=O)c1ccc(C(=O)N(/N=C/c2cc(OC)c(OC)c(OC)c2)c2nc3ccc(Br)cc3s2)cc1. The summed E-state index contributed by atoms with van der Waals surface area (Å²) in [5, 5.41) is 6.01. The van der Waals surface area contributed by atoms with Crippen LogP contribution in [-0.2, 0) is 19.5 Å². The van der Waals surface area contributed by atoms with Crippen LogP contribution in [0, 0.1) is 0 Å². The molecule has 0 saturated heterocycles. The number of thiazole rings is 1. The molecule has 4 rings (SSSR count). The van der Waals surface area contributed by atoms with E-state index in [1.807, 2.05) is 18.2 Å². The molecule has 1 heterocycles. The van der Waals surface area contributed by atoms with E-state index in [-0.39, 0.29) is 36.8 Å². The number of sulfonamides is 1. The fraction of sp³-hybridized carbons (Fsp3) is 0.300. The van der Waals surface area contributed by atoms with E-state index in [0.717, 1.165) is 9.17 Å². The van der Waals surface area contributed by atoms with Crippen LogP contribution in [0.25, 0.3) is 10.2 Å². The van der Waals surface area contributed by atoms with Crippen LogP contribution in [0.3, 0.4) is 0 Å². The largest absolute Gasteiger partial charge is 0.493 e. The minimum absolute atomic E-state index is 0.0311. The number of carbonyl (C=O) groups excluding carboxylic acids is 1. The van der Waals surface area contributed by atoms with Gasteiger partial charge in [0.2, 0.25) is 20.9 Å². The third-order valence-electron chi connectivity index (χ3n) is 6.55. The smallest absolute Gasteiger partial charge is 0.280 e. The van der Waals surface area contributed by atoms with Crippen LogP contribution in [0.15, 0.2) is 69.1 Å². The Morgan fingerprint density at radius 2 is 1.53 bits per heavy atom. The number of hydrogen-bond donors (Lipinski definition) is 0. The molecule has 0 bridgehead atoms. The summed E-state index contributed by atoms with van der Waals surface area (Å²) in [5.74, 6) is 0.738. The number of halogens is 1. The molecule has 1 aromatic heterocycles. The standard InChI is InChI=1S/C30H33BrN4O8S2/c1-39-14-12-34(13-15-40-2)45(37,38)23-9-6-21(7-10-23)29(36)35(30-33-24-11-8-22(31)18-27(24)44-30)32-19-20-16-25(41-3)28(43-5)26(17-20)42-4/h6-11,16-19H,12-15H2,1-5H3/b32-19+. The molecule has 0 atom stereocenters. The van der Waals surface area contributed by atoms with Gasteiger partial charge in [0.25, 0.3) is 5.91 Å². The van der Waals surface area contributed by atoms with Crippen LogP contribution in [0.1, 0.15) is 15.9 Å². The average molecular weight is 722 g/mol. The normalized spacial score (nSPS) is 11.8. The van der Waals surface area contributed by atoms with Crippen LogP contribution in [0.4, 0.5) is 5.13 Å². The molecule has 0 aliphatic rings. The Labute approximate surface area is 274 Å². The summed E-state index contributed by atoms with van der Waals surface area (Å²) in [4.78, 5) is 18.6. The zero-order chi connectivity index (χ0) is 32.6. The third kappa shape index (κ3) is 7.98. The van der Waals surface area contributed by atoms with E-state index < -0.39 is 15.9 Å². The van der Waals surface area contributed by atoms with E-state index in [2.05, 4.69) is 26.0 Å². The van der Waals surface area contributed by atoms with E-state index in [9.17, 15) is 13.2 Å². The number of rotatable bonds is 15. The van der Waals surface area contributed by atoms with Crippen LogP contribution >= 0.6 is 27.3 Å². The summed E-state index contributed by atoms with van der Waals surface area (Å²) in [5.41, 5.74) is 1.46. The van der Waals surface area contributed by atoms with Crippen molar-refractivity contribution in [2.75, 3.05) is 66.9 Å². The maximum atomic E-state index is 13.9. The summed E-state index contributed by atoms with van der Waals surface area (Å²) in [6, 6.07) is 14.7. The summed E-state index contributed by atoms with van der Waals surface area (Å²) < 4.78 is 56.2. The summed E-state index contributed by atoms with van der Waals surface area (Å²) in [7, 11) is 3.64. The highest BCUT2D eigenvalue weighted by molar-refractivity contribution is 9.10. The predicted molar refractivity (Wildman–Crippen MR) is 177 cm³/mol. The lowest BCUT2D eigenvalue weighted by Gasteiger charge is -2.21. The van der Waals surface area contributed by atoms with Gasteiger partial charge in [0.05, 0.1) is 55.9 Å². The molecule has 4 aromatic rings. The van der Waals surface area contributed by atoms with E-state index in [0.29, 0.717) is 33.5 Å². The quantitative estimate of drug-likeness (QED) is 0.122. The van der Waals surface area contributed by atoms with Gasteiger partial charge in [0.15, 0.2) is 11.5 Å². The van der Waals surface area contributed by atoms with E-state index in [4.69, 9.17) is 23.7 Å². The first-order valence-corrected chi connectivity index (χ1v) is 16.5. The van der Waals surface area contributed by atoms with Crippen molar-refractivity contribution in [1.82, 2.24) is 9.29 Å². The molecule has 45 heavy (non-hydrogen) atoms. The van der Waals surface area contributed by atoms with Gasteiger partial charge in [0.1, 0.15) is 0 Å². The Hall–Kier alpha value is -3.60. The Morgan fingerprint density at radius 1 is 0.911 bits per heavy atom. The van der Waals surface area contributed by atoms with Gasteiger partial charge in [-0.2, -0.15) is 14.4 Å². The number of hydrazone groups is 1. The van der Waals surface area contributed by atoms with Gasteiger partial charge in [-0.15, -0.1) is 0 Å². The lowest BCUT2D eigenvalue weighted by atomic mass is 10.2. The molecule has 0 N–H and O–H groups in total. The third-order valence-corrected chi connectivity index (χ3v) is 9.95. The molecule has 240 valence electrons. The lowest BCUT2D eigenvalue weighted by Crippen LogP contribution is -2.36. The topological polar surface area (TPSA) is 129 Å². The molecule has 0 aliphatic carbocycles. The maximum Gasteiger partial charge on any atom is 0.280 e. The Morgan fingerprint density at radius 3 is 2.09 bits per heavy atom. The molecule has 15 heteroatoms. The van der Waals surface area contributed by atoms with Crippen molar-refractivity contribution in [3.8, 4) is 17.2 Å². The van der Waals surface area contributed by atoms with Crippen molar-refractivity contribution in [3.63, 3.8) is 0 Å². The first-order chi connectivity index (χ1) is 21.7. The van der Waals surface area contributed by atoms with Crippen molar-refractivity contribution in [1.29, 1.82) is 0 Å². The first kappa shape index (κ1) is 34.3. The van der Waals surface area contributed by atoms with Gasteiger partial charge in [-0.3, -0.25) is 4.79 Å². The highest BCUT2D eigenvalue weighted by Gasteiger charge is 2.26. The van der Waals surface area contributed by atoms with Gasteiger partial charge in [0, 0.05) is 42.9 Å². The summed E-state index contributed by atoms with van der Waals surface area (Å²) >= 11 is 4.75. The molecule has 0 radical (unpaired) electrons. The zero-order valence-electron chi connectivity index (χ0n) is 25.4. The number of aromatic nitrogens is 1. The van der Waals surface area contributed by atoms with Crippen LogP contribution in [-0.4, -0.2) is 91.7 Å². The molecule has 0 fully saturated rings. The number of methoxy groups -OCH3 is 5. The number of fused-ring (bicyclic) bond motifs is 1. The minimum atomic E-state index is -3.88. The van der Waals surface area contributed by atoms with Crippen molar-refractivity contribution >= 4 is 64.8 Å². The average Bonchev–Trinajstić information content (AvgIpc) is 3.46. The Kier molecular flexibility index (Phi) is 11.9. The minimum Gasteiger partial charge on any atom is -0.493 e. The van der Waals surface area contributed by atoms with Gasteiger partial charge >= 0.3 is 0 Å². The monoisotopic (exact) mass is 720 g/mol. The highest BCUT2D eigenvalue weighted by atomic mass is 79.9. The van der Waals surface area contributed by atoms with E-state index >= 15 is 0 Å². The maximum absolute atomic E-state index is 13.9. The van der Waals surface area contributed by atoms with Crippen molar-refractivity contribution in [2.45, 2.75) is 4.90 Å². The van der Waals surface area contributed by atoms with Crippen molar-refractivity contribution < 1.29 is 36.9 Å². The van der Waals surface area contributed by atoms with E-state index in [1.54, 1.807) is 12.1 Å². The second-order valence-corrected chi connectivity index (χ2v) is 13.2. The molecule has 1 amide bonds. The van der Waals surface area contributed by atoms with Gasteiger partial charge in [-0.25, -0.2) is 13.4 Å². The molecule has 0 saturated carbocycles. The highest BCUT2D eigenvalue weighted by Crippen LogP contribution is 2.38. The van der Waals surface area contributed by atoms with Crippen LogP contribution < -0.4 is 19.2 Å². The van der Waals surface area contributed by atoms with Gasteiger partial charge in [-0.1, -0.05) is 27.3 Å². The first-order valence-electron chi connectivity index (χ1n) is 13.5. The molecule has 0 aliphatic heterocycles. The number of carbonyl (C=O) groups is 1. The summed E-state index contributed by atoms with van der Waals surface area (Å²) in [6.45, 7) is 0.744. The van der Waals surface area contributed by atoms with E-state index in [1.165, 1.54) is 86.7 Å². The van der Waals surface area contributed by atoms with Gasteiger partial charge < -0.3 is 23.7 Å². The fourth-order valence-electron chi connectivity index (χ4n) is 4.25. The number of amides is 1. The zero-order valence-corrected chi connectivity index (χ0v) is 28.6. The Balaban J connectivity index is 1.72. The fourth-order valence-corrected chi connectivity index (χ4v) is 7.13. The number of hydrogen-bond acceptors (Lipinski definition) is 11. The Bertz CT molecular complexity index is 1730. The second-order valence-electron chi connectivity index (χ2n) is 9.34. The molecule has 3 aromatic carbocycles. The number of nitrogens with zero attached hydrogens (tertiary/aromatic N) is 4. The van der Waals surface area contributed by atoms with Crippen molar-refractivity contribution in [3.05, 3.63) is 70.2 Å². The predicted octanol–water partition coefficient (Wildman–Crippen LogP) is 5.05. The van der Waals surface area contributed by atoms with Crippen LogP contribution in [0.5, 0.6) is 17.2 Å². The number of anilines is 1.